The summed E-state index contributed by atoms with van der Waals surface area (Å²) >= 11 is 1.22. The van der Waals surface area contributed by atoms with Gasteiger partial charge < -0.3 is 9.88 Å². The number of amides is 1. The molecule has 0 atom stereocenters. The molecule has 0 spiro atoms. The van der Waals surface area contributed by atoms with Gasteiger partial charge in [-0.1, -0.05) is 24.6 Å². The second kappa shape index (κ2) is 9.36. The van der Waals surface area contributed by atoms with Crippen molar-refractivity contribution >= 4 is 33.0 Å². The molecular weight excluding hydrogens is 458 g/mol. The number of rotatable bonds is 5. The predicted molar refractivity (Wildman–Crippen MR) is 127 cm³/mol. The predicted octanol–water partition coefficient (Wildman–Crippen LogP) is 3.77. The second-order valence-corrected chi connectivity index (χ2v) is 11.7. The summed E-state index contributed by atoms with van der Waals surface area (Å²) in [4.78, 5) is 12.9. The lowest BCUT2D eigenvalue weighted by Gasteiger charge is -2.30. The van der Waals surface area contributed by atoms with Crippen molar-refractivity contribution < 1.29 is 13.2 Å². The topological polar surface area (TPSA) is 97.2 Å². The SMILES string of the molecule is O=C(Nc1cccc(-c2nnc3n2CCCCC3)c1)C1CCN(S(=O)(=O)c2cccs2)CC1. The molecule has 10 heteroatoms. The van der Waals surface area contributed by atoms with Crippen LogP contribution in [-0.2, 0) is 27.8 Å². The van der Waals surface area contributed by atoms with Gasteiger partial charge in [0.2, 0.25) is 5.91 Å². The van der Waals surface area contributed by atoms with Gasteiger partial charge in [-0.3, -0.25) is 4.79 Å². The fourth-order valence-corrected chi connectivity index (χ4v) is 7.19. The van der Waals surface area contributed by atoms with Gasteiger partial charge in [-0.25, -0.2) is 8.42 Å². The molecule has 1 amide bonds. The maximum absolute atomic E-state index is 12.9. The number of sulfonamides is 1. The summed E-state index contributed by atoms with van der Waals surface area (Å²) in [6, 6.07) is 11.1. The van der Waals surface area contributed by atoms with Gasteiger partial charge in [0.15, 0.2) is 5.82 Å². The third kappa shape index (κ3) is 4.60. The van der Waals surface area contributed by atoms with Crippen molar-refractivity contribution in [3.05, 3.63) is 47.6 Å². The van der Waals surface area contributed by atoms with Crippen LogP contribution in [0.15, 0.2) is 46.0 Å². The maximum Gasteiger partial charge on any atom is 0.252 e. The number of hydrogen-bond acceptors (Lipinski definition) is 6. The summed E-state index contributed by atoms with van der Waals surface area (Å²) in [7, 11) is -3.46. The Kier molecular flexibility index (Phi) is 6.31. The molecule has 174 valence electrons. The van der Waals surface area contributed by atoms with Crippen LogP contribution in [0.25, 0.3) is 11.4 Å². The zero-order valence-corrected chi connectivity index (χ0v) is 19.9. The molecule has 2 aliphatic heterocycles. The number of benzene rings is 1. The van der Waals surface area contributed by atoms with E-state index in [0.717, 1.165) is 48.7 Å². The van der Waals surface area contributed by atoms with E-state index in [4.69, 9.17) is 0 Å². The first-order valence-electron chi connectivity index (χ1n) is 11.4. The Hall–Kier alpha value is -2.56. The van der Waals surface area contributed by atoms with Crippen molar-refractivity contribution in [2.24, 2.45) is 5.92 Å². The highest BCUT2D eigenvalue weighted by atomic mass is 32.2. The van der Waals surface area contributed by atoms with E-state index in [1.54, 1.807) is 17.5 Å². The van der Waals surface area contributed by atoms with Crippen LogP contribution < -0.4 is 5.32 Å². The quantitative estimate of drug-likeness (QED) is 0.593. The molecule has 0 bridgehead atoms. The molecule has 8 nitrogen and oxygen atoms in total. The minimum absolute atomic E-state index is 0.0691. The van der Waals surface area contributed by atoms with Gasteiger partial charge in [0.05, 0.1) is 0 Å². The van der Waals surface area contributed by atoms with E-state index < -0.39 is 10.0 Å². The lowest BCUT2D eigenvalue weighted by molar-refractivity contribution is -0.120. The molecule has 0 aliphatic carbocycles. The number of anilines is 1. The molecule has 0 saturated carbocycles. The number of thiophene rings is 1. The Morgan fingerprint density at radius 3 is 2.67 bits per heavy atom. The number of fused-ring (bicyclic) bond motifs is 1. The summed E-state index contributed by atoms with van der Waals surface area (Å²) in [5.41, 5.74) is 1.66. The van der Waals surface area contributed by atoms with Crippen LogP contribution in [0.4, 0.5) is 5.69 Å². The van der Waals surface area contributed by atoms with Crippen LogP contribution in [0.2, 0.25) is 0 Å². The molecular formula is C23H27N5O3S2. The molecule has 5 rings (SSSR count). The fourth-order valence-electron chi connectivity index (χ4n) is 4.57. The van der Waals surface area contributed by atoms with Gasteiger partial charge in [-0.15, -0.1) is 21.5 Å². The highest BCUT2D eigenvalue weighted by molar-refractivity contribution is 7.91. The average Bonchev–Trinajstić information content (AvgIpc) is 3.46. The Bertz CT molecular complexity index is 1230. The number of carbonyl (C=O) groups is 1. The van der Waals surface area contributed by atoms with Crippen LogP contribution in [0.5, 0.6) is 0 Å². The first-order valence-corrected chi connectivity index (χ1v) is 13.7. The Balaban J connectivity index is 1.24. The molecule has 3 aromatic rings. The Morgan fingerprint density at radius 2 is 1.88 bits per heavy atom. The number of aromatic nitrogens is 3. The molecule has 2 aromatic heterocycles. The van der Waals surface area contributed by atoms with Crippen molar-refractivity contribution in [2.45, 2.75) is 49.3 Å². The summed E-state index contributed by atoms with van der Waals surface area (Å²) in [5, 5.41) is 13.6. The molecule has 2 aliphatic rings. The van der Waals surface area contributed by atoms with Crippen LogP contribution in [0.3, 0.4) is 0 Å². The molecule has 1 saturated heterocycles. The molecule has 1 N–H and O–H groups in total. The van der Waals surface area contributed by atoms with Crippen molar-refractivity contribution in [3.63, 3.8) is 0 Å². The molecule has 0 radical (unpaired) electrons. The zero-order chi connectivity index (χ0) is 22.8. The van der Waals surface area contributed by atoms with Gasteiger partial charge in [-0.05, 0) is 49.3 Å². The maximum atomic E-state index is 12.9. The van der Waals surface area contributed by atoms with Gasteiger partial charge in [-0.2, -0.15) is 4.31 Å². The summed E-state index contributed by atoms with van der Waals surface area (Å²) in [6.07, 6.45) is 5.43. The number of nitrogens with one attached hydrogen (secondary N) is 1. The first kappa shape index (κ1) is 22.2. The van der Waals surface area contributed by atoms with E-state index in [9.17, 15) is 13.2 Å². The van der Waals surface area contributed by atoms with E-state index in [1.165, 1.54) is 22.1 Å². The highest BCUT2D eigenvalue weighted by Crippen LogP contribution is 2.28. The van der Waals surface area contributed by atoms with Crippen molar-refractivity contribution in [2.75, 3.05) is 18.4 Å². The van der Waals surface area contributed by atoms with Gasteiger partial charge >= 0.3 is 0 Å². The molecule has 1 fully saturated rings. The molecule has 0 unspecified atom stereocenters. The molecule has 33 heavy (non-hydrogen) atoms. The third-order valence-electron chi connectivity index (χ3n) is 6.41. The van der Waals surface area contributed by atoms with Gasteiger partial charge in [0.1, 0.15) is 10.0 Å². The minimum Gasteiger partial charge on any atom is -0.326 e. The number of aryl methyl sites for hydroxylation is 1. The summed E-state index contributed by atoms with van der Waals surface area (Å²) in [5.74, 6) is 1.59. The lowest BCUT2D eigenvalue weighted by atomic mass is 9.97. The number of carbonyl (C=O) groups excluding carboxylic acids is 1. The molecule has 1 aromatic carbocycles. The minimum atomic E-state index is -3.46. The van der Waals surface area contributed by atoms with E-state index in [0.29, 0.717) is 30.1 Å². The van der Waals surface area contributed by atoms with E-state index >= 15 is 0 Å². The summed E-state index contributed by atoms with van der Waals surface area (Å²) in [6.45, 7) is 1.62. The van der Waals surface area contributed by atoms with Crippen molar-refractivity contribution in [3.8, 4) is 11.4 Å². The van der Waals surface area contributed by atoms with Crippen LogP contribution in [0, 0.1) is 5.92 Å². The van der Waals surface area contributed by atoms with Crippen molar-refractivity contribution in [1.29, 1.82) is 0 Å². The summed E-state index contributed by atoms with van der Waals surface area (Å²) < 4.78 is 29.5. The lowest BCUT2D eigenvalue weighted by Crippen LogP contribution is -2.41. The number of piperidine rings is 1. The van der Waals surface area contributed by atoms with Crippen LogP contribution >= 0.6 is 11.3 Å². The van der Waals surface area contributed by atoms with E-state index in [-0.39, 0.29) is 11.8 Å². The second-order valence-electron chi connectivity index (χ2n) is 8.58. The van der Waals surface area contributed by atoms with Gasteiger partial charge in [0, 0.05) is 43.2 Å². The van der Waals surface area contributed by atoms with Crippen molar-refractivity contribution in [1.82, 2.24) is 19.1 Å². The third-order valence-corrected chi connectivity index (χ3v) is 9.68. The van der Waals surface area contributed by atoms with Crippen LogP contribution in [-0.4, -0.2) is 46.5 Å². The van der Waals surface area contributed by atoms with E-state index in [1.807, 2.05) is 24.3 Å². The average molecular weight is 486 g/mol. The standard InChI is InChI=1S/C23H27N5O3S2/c29-23(17-10-13-27(14-11-17)33(30,31)21-9-5-15-32-21)24-19-7-4-6-18(16-19)22-26-25-20-8-2-1-3-12-28(20)22/h4-7,9,15-17H,1-3,8,10-14H2,(H,24,29). The molecule has 4 heterocycles. The van der Waals surface area contributed by atoms with Gasteiger partial charge in [0.25, 0.3) is 10.0 Å². The zero-order valence-electron chi connectivity index (χ0n) is 18.3. The fraction of sp³-hybridized carbons (Fsp3) is 0.435. The highest BCUT2D eigenvalue weighted by Gasteiger charge is 2.32. The Labute approximate surface area is 197 Å². The largest absolute Gasteiger partial charge is 0.326 e. The normalized spacial score (nSPS) is 17.9. The smallest absolute Gasteiger partial charge is 0.252 e. The monoisotopic (exact) mass is 485 g/mol. The number of nitrogens with zero attached hydrogens (tertiary/aromatic N) is 4. The van der Waals surface area contributed by atoms with E-state index in [2.05, 4.69) is 20.1 Å². The first-order chi connectivity index (χ1) is 16.0. The van der Waals surface area contributed by atoms with Crippen LogP contribution in [0.1, 0.15) is 37.9 Å². The number of hydrogen-bond donors (Lipinski definition) is 1. The Morgan fingerprint density at radius 1 is 1.03 bits per heavy atom.